The fraction of sp³-hybridized carbons (Fsp3) is 0.667. The van der Waals surface area contributed by atoms with Crippen molar-refractivity contribution in [3.05, 3.63) is 71.8 Å². The smallest absolute Gasteiger partial charge is 0.0470 e. The zero-order chi connectivity index (χ0) is 36.8. The monoisotopic (exact) mass is 798 g/mol. The van der Waals surface area contributed by atoms with Gasteiger partial charge in [0.1, 0.15) is 0 Å². The molecule has 2 aromatic rings. The molecule has 0 amide bonds. The molecule has 3 rings (SSSR count). The molecule has 1 nitrogen and oxygen atoms in total. The second-order valence-corrected chi connectivity index (χ2v) is 58.9. The van der Waals surface area contributed by atoms with Crippen molar-refractivity contribution in [2.24, 2.45) is 0 Å². The van der Waals surface area contributed by atoms with Gasteiger partial charge in [-0.2, -0.15) is 0 Å². The van der Waals surface area contributed by atoms with E-state index in [1.54, 1.807) is 3.97 Å². The molecule has 3 atom stereocenters. The predicted molar refractivity (Wildman–Crippen MR) is 231 cm³/mol. The average molecular weight is 798 g/mol. The summed E-state index contributed by atoms with van der Waals surface area (Å²) in [6, 6.07) is 22.9. The average Bonchev–Trinajstić information content (AvgIpc) is 3.31. The van der Waals surface area contributed by atoms with E-state index in [4.69, 9.17) is 4.43 Å². The molecule has 4 radical (unpaired) electrons. The van der Waals surface area contributed by atoms with Gasteiger partial charge in [-0.1, -0.05) is 33.9 Å². The van der Waals surface area contributed by atoms with Crippen LogP contribution in [-0.2, 0) is 4.43 Å². The van der Waals surface area contributed by atoms with E-state index in [0.29, 0.717) is 15.1 Å². The first-order valence-corrected chi connectivity index (χ1v) is 36.2. The molecule has 0 N–H and O–H groups in total. The summed E-state index contributed by atoms with van der Waals surface area (Å²) in [7, 11) is -9.21. The summed E-state index contributed by atoms with van der Waals surface area (Å²) in [5.41, 5.74) is 3.16. The Bertz CT molecular complexity index is 1330. The van der Waals surface area contributed by atoms with Crippen LogP contribution in [0.4, 0.5) is 0 Å². The Morgan fingerprint density at radius 3 is 1.43 bits per heavy atom. The van der Waals surface area contributed by atoms with Crippen molar-refractivity contribution < 1.29 is 4.43 Å². The van der Waals surface area contributed by atoms with Gasteiger partial charge in [0.2, 0.25) is 0 Å². The second kappa shape index (κ2) is 14.6. The van der Waals surface area contributed by atoms with Crippen molar-refractivity contribution in [3.63, 3.8) is 0 Å². The van der Waals surface area contributed by atoms with E-state index < -0.39 is 39.4 Å². The number of rotatable bonds is 6. The van der Waals surface area contributed by atoms with E-state index in [0.717, 1.165) is 4.79 Å². The minimum Gasteiger partial charge on any atom is -0.0709 e. The van der Waals surface area contributed by atoms with E-state index in [1.807, 2.05) is 0 Å². The third kappa shape index (κ3) is 8.44. The summed E-state index contributed by atoms with van der Waals surface area (Å²) in [5.74, 6) is 0. The maximum absolute atomic E-state index is 8.31. The van der Waals surface area contributed by atoms with Crippen LogP contribution >= 0.6 is 0 Å². The molecule has 0 saturated carbocycles. The number of hydrogen-bond donors (Lipinski definition) is 0. The first kappa shape index (κ1) is 43.3. The van der Waals surface area contributed by atoms with Crippen LogP contribution in [0.2, 0.25) is 77.3 Å². The quantitative estimate of drug-likeness (QED) is 0.265. The van der Waals surface area contributed by atoms with Crippen molar-refractivity contribution in [3.8, 4) is 0 Å². The van der Waals surface area contributed by atoms with Gasteiger partial charge in [-0.3, -0.25) is 0 Å². The Hall–Kier alpha value is 0.114. The molecule has 0 spiro atoms. The summed E-state index contributed by atoms with van der Waals surface area (Å²) in [6.07, 6.45) is 0. The Labute approximate surface area is 308 Å². The molecular weight excluding hydrogens is 726 g/mol. The predicted octanol–water partition coefficient (Wildman–Crippen LogP) is 12.3. The van der Waals surface area contributed by atoms with Crippen molar-refractivity contribution in [1.82, 2.24) is 0 Å². The van der Waals surface area contributed by atoms with Crippen LogP contribution in [0.25, 0.3) is 0 Å². The SMILES string of the molecule is CC(C)(C)[Si](C)(C)C1[Si]([Si](C)(C)C(C)(C)C)[C@H](c2ccccc2)O[Si@]1([C](=[Ge])c1ccccc1)[Si](C)(C)C(C)(C)C.C[Si](C)C(C)(C)C. The maximum atomic E-state index is 8.31. The van der Waals surface area contributed by atoms with E-state index in [-0.39, 0.29) is 19.6 Å². The molecule has 1 saturated heterocycles. The molecule has 8 heteroatoms. The molecule has 0 bridgehead atoms. The first-order valence-electron chi connectivity index (χ1n) is 18.0. The largest absolute Gasteiger partial charge is 0.0709 e. The Kier molecular flexibility index (Phi) is 13.5. The second-order valence-electron chi connectivity index (χ2n) is 20.2. The van der Waals surface area contributed by atoms with Crippen LogP contribution in [-0.4, -0.2) is 68.2 Å². The summed E-state index contributed by atoms with van der Waals surface area (Å²) in [4.78, 5) is 0.747. The van der Waals surface area contributed by atoms with Crippen molar-refractivity contribution in [2.75, 3.05) is 0 Å². The standard InChI is InChI=1S/C33H57GeOSi5.C6H15Si/c1-31(2,3)37(10,11)30-36(38(12,13)32(4,5)6)29(27-24-20-17-21-25-27)35-40(30,39(14,15)33(7,8)9)28(34)26-22-18-16-19-23-26;1-6(2,3)7(4)5/h16-25,29-30H,1-15H3;1-5H3/t29-,30?,40-;/m1./s1. The molecule has 1 heterocycles. The maximum Gasteiger partial charge on any atom is 0.0470 e. The van der Waals surface area contributed by atoms with Gasteiger partial charge in [-0.05, 0) is 5.04 Å². The van der Waals surface area contributed by atoms with Gasteiger partial charge < -0.3 is 0 Å². The Morgan fingerprint density at radius 2 is 1.09 bits per heavy atom. The zero-order valence-corrected chi connectivity index (χ0v) is 42.4. The molecule has 47 heavy (non-hydrogen) atoms. The summed E-state index contributed by atoms with van der Waals surface area (Å²) >= 11 is 2.53. The van der Waals surface area contributed by atoms with Crippen molar-refractivity contribution >= 4 is 68.2 Å². The van der Waals surface area contributed by atoms with Gasteiger partial charge in [0.05, 0.1) is 0 Å². The number of hydrogen-bond acceptors (Lipinski definition) is 1. The summed E-state index contributed by atoms with van der Waals surface area (Å²) in [5, 5.41) is 1.45. The molecule has 2 aromatic carbocycles. The topological polar surface area (TPSA) is 9.23 Å². The van der Waals surface area contributed by atoms with Gasteiger partial charge in [0.15, 0.2) is 0 Å². The van der Waals surface area contributed by atoms with Crippen LogP contribution < -0.4 is 0 Å². The van der Waals surface area contributed by atoms with E-state index in [9.17, 15) is 0 Å². The fourth-order valence-corrected chi connectivity index (χ4v) is 80.1. The van der Waals surface area contributed by atoms with E-state index in [1.165, 1.54) is 11.1 Å². The van der Waals surface area contributed by atoms with Crippen molar-refractivity contribution in [2.45, 2.75) is 166 Å². The van der Waals surface area contributed by atoms with E-state index >= 15 is 0 Å². The van der Waals surface area contributed by atoms with Gasteiger partial charge in [-0.15, -0.1) is 0 Å². The fourth-order valence-electron chi connectivity index (χ4n) is 6.41. The van der Waals surface area contributed by atoms with Gasteiger partial charge >= 0.3 is 263 Å². The normalized spacial score (nSPS) is 22.2. The van der Waals surface area contributed by atoms with Crippen LogP contribution in [0.3, 0.4) is 0 Å². The third-order valence-corrected chi connectivity index (χ3v) is 71.5. The first-order chi connectivity index (χ1) is 20.9. The van der Waals surface area contributed by atoms with Crippen molar-refractivity contribution in [1.29, 1.82) is 0 Å². The molecule has 1 fully saturated rings. The van der Waals surface area contributed by atoms with Crippen LogP contribution in [0.15, 0.2) is 60.7 Å². The minimum absolute atomic E-state index is 0.0502. The summed E-state index contributed by atoms with van der Waals surface area (Å²) < 4.78 is 9.96. The Balaban J connectivity index is 0.000000984. The van der Waals surface area contributed by atoms with E-state index in [2.05, 4.69) is 212 Å². The van der Waals surface area contributed by atoms with Crippen LogP contribution in [0, 0.1) is 0 Å². The molecule has 1 aliphatic heterocycles. The Morgan fingerprint density at radius 1 is 0.681 bits per heavy atom. The van der Waals surface area contributed by atoms with Crippen LogP contribution in [0.5, 0.6) is 0 Å². The zero-order valence-electron chi connectivity index (χ0n) is 34.3. The van der Waals surface area contributed by atoms with Gasteiger partial charge in [-0.25, -0.2) is 0 Å². The molecule has 262 valence electrons. The molecule has 1 aliphatic rings. The molecular formula is C39H72GeOSi6. The molecule has 1 unspecified atom stereocenters. The minimum atomic E-state index is -2.51. The van der Waals surface area contributed by atoms with Gasteiger partial charge in [0, 0.05) is 8.80 Å². The molecule has 0 aliphatic carbocycles. The number of benzene rings is 2. The van der Waals surface area contributed by atoms with Gasteiger partial charge in [0.25, 0.3) is 0 Å². The third-order valence-electron chi connectivity index (χ3n) is 13.4. The molecule has 0 aromatic heterocycles. The summed E-state index contributed by atoms with van der Waals surface area (Å²) in [6.45, 7) is 51.2. The van der Waals surface area contributed by atoms with Crippen LogP contribution in [0.1, 0.15) is 99.9 Å².